The summed E-state index contributed by atoms with van der Waals surface area (Å²) in [4.78, 5) is 19.1. The van der Waals surface area contributed by atoms with Crippen molar-refractivity contribution in [2.45, 2.75) is 70.9 Å². The molecule has 4 rings (SSSR count). The highest BCUT2D eigenvalue weighted by molar-refractivity contribution is 5.75. The third-order valence-corrected chi connectivity index (χ3v) is 5.80. The minimum atomic E-state index is -0.290. The number of fused-ring (bicyclic) bond motifs is 1. The number of hydrogen-bond acceptors (Lipinski definition) is 4. The monoisotopic (exact) mass is 368 g/mol. The molecule has 0 spiro atoms. The minimum absolute atomic E-state index is 0.0776. The van der Waals surface area contributed by atoms with Crippen LogP contribution in [0.15, 0.2) is 22.7 Å². The van der Waals surface area contributed by atoms with E-state index in [0.29, 0.717) is 18.4 Å². The summed E-state index contributed by atoms with van der Waals surface area (Å²) in [5.74, 6) is 1.70. The zero-order valence-corrected chi connectivity index (χ0v) is 16.2. The highest BCUT2D eigenvalue weighted by Gasteiger charge is 2.26. The molecule has 144 valence electrons. The summed E-state index contributed by atoms with van der Waals surface area (Å²) in [6, 6.07) is 6.09. The molecule has 2 aromatic rings. The van der Waals surface area contributed by atoms with Gasteiger partial charge < -0.3 is 14.7 Å². The molecule has 6 heteroatoms. The van der Waals surface area contributed by atoms with Crippen molar-refractivity contribution in [1.82, 2.24) is 20.4 Å². The van der Waals surface area contributed by atoms with Crippen LogP contribution in [0.5, 0.6) is 0 Å². The second-order valence-corrected chi connectivity index (χ2v) is 7.94. The van der Waals surface area contributed by atoms with Crippen molar-refractivity contribution < 1.29 is 9.32 Å². The number of hydrogen-bond donors (Lipinski definition) is 1. The molecule has 27 heavy (non-hydrogen) atoms. The third-order valence-electron chi connectivity index (χ3n) is 5.80. The van der Waals surface area contributed by atoms with Gasteiger partial charge in [0, 0.05) is 19.0 Å². The molecule has 1 aromatic heterocycles. The Morgan fingerprint density at radius 3 is 2.89 bits per heavy atom. The summed E-state index contributed by atoms with van der Waals surface area (Å²) in [7, 11) is 0. The van der Waals surface area contributed by atoms with Gasteiger partial charge in [0.25, 0.3) is 0 Å². The molecule has 0 unspecified atom stereocenters. The van der Waals surface area contributed by atoms with Crippen molar-refractivity contribution in [3.8, 4) is 0 Å². The number of nitrogens with zero attached hydrogens (tertiary/aromatic N) is 3. The van der Waals surface area contributed by atoms with Gasteiger partial charge >= 0.3 is 6.03 Å². The summed E-state index contributed by atoms with van der Waals surface area (Å²) in [6.45, 7) is 5.38. The second kappa shape index (κ2) is 7.71. The van der Waals surface area contributed by atoms with Gasteiger partial charge in [0.05, 0.1) is 0 Å². The smallest absolute Gasteiger partial charge is 0.318 e. The van der Waals surface area contributed by atoms with Crippen LogP contribution in [0.2, 0.25) is 0 Å². The highest BCUT2D eigenvalue weighted by Crippen LogP contribution is 2.31. The molecule has 1 N–H and O–H groups in total. The van der Waals surface area contributed by atoms with Gasteiger partial charge in [-0.15, -0.1) is 0 Å². The predicted octanol–water partition coefficient (Wildman–Crippen LogP) is 4.25. The first-order valence-corrected chi connectivity index (χ1v) is 10.1. The Labute approximate surface area is 160 Å². The first kappa shape index (κ1) is 18.0. The number of carbonyl (C=O) groups excluding carboxylic acids is 1. The van der Waals surface area contributed by atoms with Gasteiger partial charge in [-0.1, -0.05) is 48.2 Å². The molecule has 0 saturated heterocycles. The van der Waals surface area contributed by atoms with E-state index in [2.05, 4.69) is 40.6 Å². The van der Waals surface area contributed by atoms with Crippen LogP contribution in [-0.4, -0.2) is 27.6 Å². The fourth-order valence-electron chi connectivity index (χ4n) is 4.14. The number of nitrogens with one attached hydrogen (secondary N) is 1. The molecule has 6 nitrogen and oxygen atoms in total. The van der Waals surface area contributed by atoms with Gasteiger partial charge in [-0.25, -0.2) is 4.79 Å². The maximum absolute atomic E-state index is 12.7. The van der Waals surface area contributed by atoms with E-state index >= 15 is 0 Å². The molecule has 2 amide bonds. The molecule has 1 aromatic carbocycles. The SMILES string of the molecule is Cc1ccc2c(c1)CCN(C(=O)N[C@@H](C)c1nc(C3CCCCC3)no1)C2. The Hall–Kier alpha value is -2.37. The second-order valence-electron chi connectivity index (χ2n) is 7.94. The van der Waals surface area contributed by atoms with Gasteiger partial charge in [-0.3, -0.25) is 0 Å². The average molecular weight is 368 g/mol. The molecule has 1 fully saturated rings. The van der Waals surface area contributed by atoms with Crippen LogP contribution < -0.4 is 5.32 Å². The van der Waals surface area contributed by atoms with Gasteiger partial charge in [-0.05, 0) is 44.2 Å². The third kappa shape index (κ3) is 3.99. The van der Waals surface area contributed by atoms with E-state index in [-0.39, 0.29) is 12.1 Å². The van der Waals surface area contributed by atoms with Crippen LogP contribution in [0.3, 0.4) is 0 Å². The summed E-state index contributed by atoms with van der Waals surface area (Å²) >= 11 is 0. The van der Waals surface area contributed by atoms with Crippen LogP contribution in [0.1, 0.15) is 79.4 Å². The van der Waals surface area contributed by atoms with E-state index in [9.17, 15) is 4.79 Å². The molecule has 1 saturated carbocycles. The van der Waals surface area contributed by atoms with Gasteiger partial charge in [0.1, 0.15) is 6.04 Å². The molecule has 0 radical (unpaired) electrons. The van der Waals surface area contributed by atoms with Crippen LogP contribution in [0.4, 0.5) is 4.79 Å². The van der Waals surface area contributed by atoms with Crippen molar-refractivity contribution >= 4 is 6.03 Å². The molecule has 1 atom stereocenters. The van der Waals surface area contributed by atoms with Gasteiger partial charge in [0.2, 0.25) is 5.89 Å². The molecule has 1 aliphatic heterocycles. The lowest BCUT2D eigenvalue weighted by atomic mass is 9.89. The number of benzene rings is 1. The van der Waals surface area contributed by atoms with Crippen molar-refractivity contribution in [2.24, 2.45) is 0 Å². The van der Waals surface area contributed by atoms with Crippen LogP contribution in [0.25, 0.3) is 0 Å². The summed E-state index contributed by atoms with van der Waals surface area (Å²) in [5, 5.41) is 7.18. The number of aromatic nitrogens is 2. The van der Waals surface area contributed by atoms with E-state index in [0.717, 1.165) is 31.6 Å². The van der Waals surface area contributed by atoms with Crippen molar-refractivity contribution in [3.63, 3.8) is 0 Å². The number of rotatable bonds is 3. The van der Waals surface area contributed by atoms with E-state index < -0.39 is 0 Å². The van der Waals surface area contributed by atoms with Crippen molar-refractivity contribution in [2.75, 3.05) is 6.54 Å². The zero-order chi connectivity index (χ0) is 18.8. The van der Waals surface area contributed by atoms with Gasteiger partial charge in [0.15, 0.2) is 5.82 Å². The quantitative estimate of drug-likeness (QED) is 0.879. The zero-order valence-electron chi connectivity index (χ0n) is 16.2. The summed E-state index contributed by atoms with van der Waals surface area (Å²) in [5.41, 5.74) is 3.85. The maximum atomic E-state index is 12.7. The van der Waals surface area contributed by atoms with Crippen LogP contribution in [0, 0.1) is 6.92 Å². The van der Waals surface area contributed by atoms with Crippen LogP contribution >= 0.6 is 0 Å². The van der Waals surface area contributed by atoms with E-state index in [1.54, 1.807) is 0 Å². The fraction of sp³-hybridized carbons (Fsp3) is 0.571. The average Bonchev–Trinajstić information content (AvgIpc) is 3.18. The molecular weight excluding hydrogens is 340 g/mol. The lowest BCUT2D eigenvalue weighted by Crippen LogP contribution is -2.43. The number of aryl methyl sites for hydroxylation is 1. The Kier molecular flexibility index (Phi) is 5.14. The molecule has 2 heterocycles. The summed E-state index contributed by atoms with van der Waals surface area (Å²) < 4.78 is 5.44. The largest absolute Gasteiger partial charge is 0.337 e. The Bertz CT molecular complexity index is 810. The van der Waals surface area contributed by atoms with Crippen LogP contribution in [-0.2, 0) is 13.0 Å². The first-order valence-electron chi connectivity index (χ1n) is 10.1. The number of carbonyl (C=O) groups is 1. The van der Waals surface area contributed by atoms with Gasteiger partial charge in [-0.2, -0.15) is 4.98 Å². The summed E-state index contributed by atoms with van der Waals surface area (Å²) in [6.07, 6.45) is 6.92. The topological polar surface area (TPSA) is 71.3 Å². The maximum Gasteiger partial charge on any atom is 0.318 e. The lowest BCUT2D eigenvalue weighted by molar-refractivity contribution is 0.186. The van der Waals surface area contributed by atoms with Crippen molar-refractivity contribution in [1.29, 1.82) is 0 Å². The Morgan fingerprint density at radius 1 is 1.26 bits per heavy atom. The Morgan fingerprint density at radius 2 is 2.07 bits per heavy atom. The minimum Gasteiger partial charge on any atom is -0.337 e. The van der Waals surface area contributed by atoms with E-state index in [1.165, 1.54) is 36.0 Å². The lowest BCUT2D eigenvalue weighted by Gasteiger charge is -2.30. The first-order chi connectivity index (χ1) is 13.1. The fourth-order valence-corrected chi connectivity index (χ4v) is 4.14. The number of amides is 2. The molecule has 0 bridgehead atoms. The molecule has 2 aliphatic rings. The number of urea groups is 1. The molecular formula is C21H28N4O2. The van der Waals surface area contributed by atoms with Crippen molar-refractivity contribution in [3.05, 3.63) is 46.6 Å². The predicted molar refractivity (Wildman–Crippen MR) is 102 cm³/mol. The standard InChI is InChI=1S/C21H28N4O2/c1-14-8-9-18-13-25(11-10-17(18)12-14)21(26)22-15(2)20-23-19(24-27-20)16-6-4-3-5-7-16/h8-9,12,15-16H,3-7,10-11,13H2,1-2H3,(H,22,26)/t15-/m0/s1. The van der Waals surface area contributed by atoms with E-state index in [1.807, 2.05) is 11.8 Å². The molecule has 1 aliphatic carbocycles. The van der Waals surface area contributed by atoms with E-state index in [4.69, 9.17) is 4.52 Å². The highest BCUT2D eigenvalue weighted by atomic mass is 16.5. The Balaban J connectivity index is 1.37. The normalized spacial score (nSPS) is 18.8.